The molecule has 0 N–H and O–H groups in total. The first kappa shape index (κ1) is 19.4. The molecule has 3 heterocycles. The Morgan fingerprint density at radius 2 is 1.97 bits per heavy atom. The van der Waals surface area contributed by atoms with Gasteiger partial charge in [-0.05, 0) is 54.1 Å². The summed E-state index contributed by atoms with van der Waals surface area (Å²) in [4.78, 5) is 26.9. The Morgan fingerprint density at radius 1 is 1.20 bits per heavy atom. The van der Waals surface area contributed by atoms with Crippen LogP contribution in [0, 0.1) is 24.0 Å². The highest BCUT2D eigenvalue weighted by Gasteiger charge is 2.21. The van der Waals surface area contributed by atoms with Crippen molar-refractivity contribution in [3.05, 3.63) is 69.7 Å². The van der Waals surface area contributed by atoms with Crippen LogP contribution in [-0.2, 0) is 0 Å². The third-order valence-corrected chi connectivity index (χ3v) is 4.80. The molecular weight excluding hydrogens is 390 g/mol. The highest BCUT2D eigenvalue weighted by molar-refractivity contribution is 5.98. The first-order valence-corrected chi connectivity index (χ1v) is 9.30. The molecule has 3 aromatic rings. The van der Waals surface area contributed by atoms with Gasteiger partial charge in [-0.3, -0.25) is 4.79 Å². The van der Waals surface area contributed by atoms with Crippen molar-refractivity contribution in [2.24, 2.45) is 0 Å². The number of ketones is 1. The molecule has 0 radical (unpaired) electrons. The van der Waals surface area contributed by atoms with E-state index in [1.54, 1.807) is 6.07 Å². The largest absolute Gasteiger partial charge is 0.486 e. The van der Waals surface area contributed by atoms with Gasteiger partial charge in [0.2, 0.25) is 11.5 Å². The molecule has 1 aromatic carbocycles. The van der Waals surface area contributed by atoms with Gasteiger partial charge < -0.3 is 28.9 Å². The van der Waals surface area contributed by atoms with Gasteiger partial charge in [0, 0.05) is 28.7 Å². The maximum Gasteiger partial charge on any atom is 0.406 e. The predicted molar refractivity (Wildman–Crippen MR) is 107 cm³/mol. The lowest BCUT2D eigenvalue weighted by molar-refractivity contribution is -0.390. The number of aromatic nitrogens is 2. The smallest absolute Gasteiger partial charge is 0.406 e. The van der Waals surface area contributed by atoms with Crippen molar-refractivity contribution in [1.82, 2.24) is 9.55 Å². The number of carbonyl (C=O) groups is 1. The van der Waals surface area contributed by atoms with Crippen molar-refractivity contribution < 1.29 is 23.9 Å². The molecule has 0 aliphatic carbocycles. The second kappa shape index (κ2) is 7.86. The average molecular weight is 409 g/mol. The number of fused-ring (bicyclic) bond motifs is 1. The summed E-state index contributed by atoms with van der Waals surface area (Å²) >= 11 is 0. The molecule has 0 bridgehead atoms. The lowest BCUT2D eigenvalue weighted by atomic mass is 10.1. The molecule has 9 heteroatoms. The molecule has 1 aliphatic heterocycles. The molecule has 2 aromatic heterocycles. The van der Waals surface area contributed by atoms with Crippen LogP contribution in [0.1, 0.15) is 21.7 Å². The van der Waals surface area contributed by atoms with E-state index in [1.165, 1.54) is 18.3 Å². The molecule has 30 heavy (non-hydrogen) atoms. The van der Waals surface area contributed by atoms with E-state index in [2.05, 4.69) is 4.98 Å². The Labute approximate surface area is 172 Å². The number of hydrogen-bond acceptors (Lipinski definition) is 7. The number of pyridine rings is 1. The molecule has 0 saturated heterocycles. The van der Waals surface area contributed by atoms with E-state index >= 15 is 0 Å². The first-order valence-electron chi connectivity index (χ1n) is 9.30. The van der Waals surface area contributed by atoms with Crippen LogP contribution in [-0.4, -0.2) is 40.1 Å². The van der Waals surface area contributed by atoms with E-state index in [0.29, 0.717) is 30.3 Å². The van der Waals surface area contributed by atoms with Crippen LogP contribution in [0.3, 0.4) is 0 Å². The summed E-state index contributed by atoms with van der Waals surface area (Å²) in [5.74, 6) is 0.593. The fourth-order valence-electron chi connectivity index (χ4n) is 3.47. The van der Waals surface area contributed by atoms with Crippen LogP contribution in [0.25, 0.3) is 5.69 Å². The van der Waals surface area contributed by atoms with E-state index < -0.39 is 10.7 Å². The Bertz CT molecular complexity index is 1140. The van der Waals surface area contributed by atoms with Crippen molar-refractivity contribution in [2.75, 3.05) is 19.8 Å². The van der Waals surface area contributed by atoms with E-state index in [4.69, 9.17) is 14.2 Å². The second-order valence-electron chi connectivity index (χ2n) is 6.74. The Kier molecular flexibility index (Phi) is 5.09. The van der Waals surface area contributed by atoms with Gasteiger partial charge in [0.05, 0.1) is 0 Å². The molecule has 0 amide bonds. The van der Waals surface area contributed by atoms with E-state index in [0.717, 1.165) is 17.1 Å². The van der Waals surface area contributed by atoms with Gasteiger partial charge in [-0.2, -0.15) is 0 Å². The Hall–Kier alpha value is -3.88. The molecular formula is C21H19N3O6. The molecule has 9 nitrogen and oxygen atoms in total. The summed E-state index contributed by atoms with van der Waals surface area (Å²) in [5.41, 5.74) is 2.92. The summed E-state index contributed by atoms with van der Waals surface area (Å²) in [6.45, 7) is 4.40. The minimum absolute atomic E-state index is 0.0449. The summed E-state index contributed by atoms with van der Waals surface area (Å²) in [6.07, 6.45) is 1.30. The zero-order valence-corrected chi connectivity index (χ0v) is 16.5. The fourth-order valence-corrected chi connectivity index (χ4v) is 3.47. The SMILES string of the molecule is Cc1cc(C(=O)COc2cccnc2[N+](=O)[O-])c(C)n1-c1ccc2c(c1)OCCO2. The zero-order chi connectivity index (χ0) is 21.3. The number of benzene rings is 1. The first-order chi connectivity index (χ1) is 14.5. The topological polar surface area (TPSA) is 106 Å². The zero-order valence-electron chi connectivity index (χ0n) is 16.5. The Morgan fingerprint density at radius 3 is 2.73 bits per heavy atom. The maximum atomic E-state index is 12.8. The quantitative estimate of drug-likeness (QED) is 0.349. The minimum Gasteiger partial charge on any atom is -0.486 e. The van der Waals surface area contributed by atoms with Crippen LogP contribution in [0.15, 0.2) is 42.6 Å². The standard InChI is InChI=1S/C21H19N3O6/c1-13-10-16(17(25)12-30-19-4-3-7-22-21(19)24(26)27)14(2)23(13)15-5-6-18-20(11-15)29-9-8-28-18/h3-7,10-11H,8-9,12H2,1-2H3. The molecule has 4 rings (SSSR count). The van der Waals surface area contributed by atoms with Gasteiger partial charge in [-0.15, -0.1) is 0 Å². The molecule has 0 fully saturated rings. The number of rotatable bonds is 6. The highest BCUT2D eigenvalue weighted by Crippen LogP contribution is 2.33. The summed E-state index contributed by atoms with van der Waals surface area (Å²) < 4.78 is 18.6. The monoisotopic (exact) mass is 409 g/mol. The van der Waals surface area contributed by atoms with Gasteiger partial charge in [-0.25, -0.2) is 0 Å². The summed E-state index contributed by atoms with van der Waals surface area (Å²) in [7, 11) is 0. The van der Waals surface area contributed by atoms with Crippen molar-refractivity contribution in [3.8, 4) is 22.9 Å². The number of hydrogen-bond donors (Lipinski definition) is 0. The Balaban J connectivity index is 1.58. The molecule has 1 aliphatic rings. The predicted octanol–water partition coefficient (Wildman–Crippen LogP) is 3.43. The summed E-state index contributed by atoms with van der Waals surface area (Å²) in [5, 5.41) is 11.1. The van der Waals surface area contributed by atoms with Gasteiger partial charge in [0.25, 0.3) is 0 Å². The van der Waals surface area contributed by atoms with E-state index in [1.807, 2.05) is 36.6 Å². The maximum absolute atomic E-state index is 12.8. The fraction of sp³-hybridized carbons (Fsp3) is 0.238. The number of nitrogens with zero attached hydrogens (tertiary/aromatic N) is 3. The molecule has 154 valence electrons. The lowest BCUT2D eigenvalue weighted by Gasteiger charge is -2.20. The number of Topliss-reactive ketones (excluding diaryl/α,β-unsaturated/α-hetero) is 1. The lowest BCUT2D eigenvalue weighted by Crippen LogP contribution is -2.16. The number of nitro groups is 1. The van der Waals surface area contributed by atoms with Gasteiger partial charge in [0.15, 0.2) is 18.1 Å². The normalized spacial score (nSPS) is 12.5. The molecule has 0 atom stereocenters. The third kappa shape index (κ3) is 3.57. The van der Waals surface area contributed by atoms with Crippen molar-refractivity contribution in [2.45, 2.75) is 13.8 Å². The van der Waals surface area contributed by atoms with Gasteiger partial charge in [-0.1, -0.05) is 0 Å². The molecule has 0 saturated carbocycles. The van der Waals surface area contributed by atoms with Crippen LogP contribution in [0.4, 0.5) is 5.82 Å². The van der Waals surface area contributed by atoms with E-state index in [-0.39, 0.29) is 18.1 Å². The highest BCUT2D eigenvalue weighted by atomic mass is 16.6. The minimum atomic E-state index is -0.645. The summed E-state index contributed by atoms with van der Waals surface area (Å²) in [6, 6.07) is 10.3. The van der Waals surface area contributed by atoms with Crippen LogP contribution < -0.4 is 14.2 Å². The van der Waals surface area contributed by atoms with Crippen molar-refractivity contribution >= 4 is 11.6 Å². The van der Waals surface area contributed by atoms with Crippen LogP contribution in [0.5, 0.6) is 17.2 Å². The van der Waals surface area contributed by atoms with Crippen LogP contribution >= 0.6 is 0 Å². The van der Waals surface area contributed by atoms with Crippen LogP contribution in [0.2, 0.25) is 0 Å². The van der Waals surface area contributed by atoms with Gasteiger partial charge in [0.1, 0.15) is 19.4 Å². The van der Waals surface area contributed by atoms with Gasteiger partial charge >= 0.3 is 5.82 Å². The molecule has 0 unspecified atom stereocenters. The number of aryl methyl sites for hydroxylation is 1. The number of ether oxygens (including phenoxy) is 3. The number of carbonyl (C=O) groups excluding carboxylic acids is 1. The van der Waals surface area contributed by atoms with E-state index in [9.17, 15) is 14.9 Å². The third-order valence-electron chi connectivity index (χ3n) is 4.80. The van der Waals surface area contributed by atoms with Crippen molar-refractivity contribution in [1.29, 1.82) is 0 Å². The second-order valence-corrected chi connectivity index (χ2v) is 6.74. The molecule has 0 spiro atoms. The average Bonchev–Trinajstić information content (AvgIpc) is 3.05. The van der Waals surface area contributed by atoms with Crippen molar-refractivity contribution in [3.63, 3.8) is 0 Å².